The zero-order valence-corrected chi connectivity index (χ0v) is 14.3. The van der Waals surface area contributed by atoms with Gasteiger partial charge in [-0.15, -0.1) is 0 Å². The molecule has 0 bridgehead atoms. The van der Waals surface area contributed by atoms with Gasteiger partial charge in [-0.2, -0.15) is 5.10 Å². The number of nitrogens with one attached hydrogen (secondary N) is 1. The summed E-state index contributed by atoms with van der Waals surface area (Å²) in [6.07, 6.45) is 4.86. The molecule has 6 nitrogen and oxygen atoms in total. The largest absolute Gasteiger partial charge is 0.479 e. The van der Waals surface area contributed by atoms with Crippen molar-refractivity contribution < 1.29 is 9.53 Å². The first-order valence-electron chi connectivity index (χ1n) is 8.12. The van der Waals surface area contributed by atoms with Crippen LogP contribution in [0.25, 0.3) is 5.69 Å². The minimum Gasteiger partial charge on any atom is -0.479 e. The van der Waals surface area contributed by atoms with Crippen molar-refractivity contribution in [3.05, 3.63) is 72.3 Å². The zero-order valence-electron chi connectivity index (χ0n) is 14.3. The Bertz CT molecular complexity index is 925. The van der Waals surface area contributed by atoms with E-state index in [0.29, 0.717) is 11.3 Å². The maximum atomic E-state index is 12.3. The Labute approximate surface area is 151 Å². The predicted molar refractivity (Wildman–Crippen MR) is 98.1 cm³/mol. The molecule has 26 heavy (non-hydrogen) atoms. The van der Waals surface area contributed by atoms with Crippen LogP contribution >= 0.6 is 0 Å². The number of hydrogen-bond acceptors (Lipinski definition) is 4. The summed E-state index contributed by atoms with van der Waals surface area (Å²) in [5.41, 5.74) is 2.22. The van der Waals surface area contributed by atoms with Gasteiger partial charge in [0.25, 0.3) is 5.91 Å². The van der Waals surface area contributed by atoms with Crippen LogP contribution in [0.4, 0.5) is 0 Å². The first-order chi connectivity index (χ1) is 12.8. The highest BCUT2D eigenvalue weighted by Gasteiger charge is 2.14. The lowest BCUT2D eigenvalue weighted by atomic mass is 10.2. The molecule has 0 unspecified atom stereocenters. The molecule has 0 aliphatic carbocycles. The molecule has 3 aromatic rings. The molecule has 2 heterocycles. The summed E-state index contributed by atoms with van der Waals surface area (Å²) in [5, 5.41) is 7.06. The van der Waals surface area contributed by atoms with Crippen molar-refractivity contribution in [3.63, 3.8) is 0 Å². The summed E-state index contributed by atoms with van der Waals surface area (Å²) >= 11 is 0. The average molecular weight is 346 g/mol. The van der Waals surface area contributed by atoms with Crippen molar-refractivity contribution in [2.75, 3.05) is 13.2 Å². The highest BCUT2D eigenvalue weighted by molar-refractivity contribution is 5.95. The van der Waals surface area contributed by atoms with Gasteiger partial charge in [-0.1, -0.05) is 30.0 Å². The summed E-state index contributed by atoms with van der Waals surface area (Å²) in [6, 6.07) is 13.3. The molecule has 0 saturated carbocycles. The molecule has 6 heteroatoms. The van der Waals surface area contributed by atoms with Gasteiger partial charge in [0.05, 0.1) is 35.9 Å². The van der Waals surface area contributed by atoms with Gasteiger partial charge >= 0.3 is 0 Å². The third-order valence-corrected chi connectivity index (χ3v) is 3.66. The van der Waals surface area contributed by atoms with Gasteiger partial charge in [0, 0.05) is 6.20 Å². The smallest absolute Gasteiger partial charge is 0.255 e. The minimum atomic E-state index is -0.202. The molecule has 0 saturated heterocycles. The lowest BCUT2D eigenvalue weighted by Crippen LogP contribution is -2.24. The van der Waals surface area contributed by atoms with E-state index in [1.165, 1.54) is 0 Å². The van der Waals surface area contributed by atoms with Crippen LogP contribution in [0.15, 0.2) is 61.1 Å². The van der Waals surface area contributed by atoms with E-state index in [1.54, 1.807) is 29.3 Å². The minimum absolute atomic E-state index is 0.202. The molecule has 0 radical (unpaired) electrons. The lowest BCUT2D eigenvalue weighted by molar-refractivity contribution is 0.0958. The van der Waals surface area contributed by atoms with Crippen LogP contribution in [-0.2, 0) is 0 Å². The molecule has 1 N–H and O–H groups in total. The van der Waals surface area contributed by atoms with Crippen molar-refractivity contribution in [1.29, 1.82) is 0 Å². The Morgan fingerprint density at radius 1 is 1.15 bits per heavy atom. The molecule has 0 fully saturated rings. The Morgan fingerprint density at radius 2 is 2.00 bits per heavy atom. The van der Waals surface area contributed by atoms with Crippen LogP contribution in [0.1, 0.15) is 16.1 Å². The van der Waals surface area contributed by atoms with Gasteiger partial charge in [-0.25, -0.2) is 4.68 Å². The number of pyridine rings is 1. The third kappa shape index (κ3) is 4.28. The average Bonchev–Trinajstić information content (AvgIpc) is 3.07. The molecule has 1 aromatic carbocycles. The van der Waals surface area contributed by atoms with Gasteiger partial charge in [0.15, 0.2) is 0 Å². The second-order valence-electron chi connectivity index (χ2n) is 5.40. The van der Waals surface area contributed by atoms with Gasteiger partial charge in [0.1, 0.15) is 12.4 Å². The van der Waals surface area contributed by atoms with Crippen LogP contribution in [0.3, 0.4) is 0 Å². The number of nitrogens with zero attached hydrogens (tertiary/aromatic N) is 3. The number of ether oxygens (including phenoxy) is 1. The van der Waals surface area contributed by atoms with E-state index >= 15 is 0 Å². The van der Waals surface area contributed by atoms with E-state index in [0.717, 1.165) is 11.4 Å². The fraction of sp³-hybridized carbons (Fsp3) is 0.150. The molecule has 0 atom stereocenters. The Morgan fingerprint density at radius 3 is 2.77 bits per heavy atom. The molecule has 3 rings (SSSR count). The number of amides is 1. The summed E-state index contributed by atoms with van der Waals surface area (Å²) in [4.78, 5) is 16.2. The van der Waals surface area contributed by atoms with Crippen LogP contribution in [0.5, 0.6) is 5.75 Å². The van der Waals surface area contributed by atoms with Gasteiger partial charge in [-0.3, -0.25) is 9.78 Å². The summed E-state index contributed by atoms with van der Waals surface area (Å²) in [7, 11) is 0. The van der Waals surface area contributed by atoms with Crippen molar-refractivity contribution in [2.45, 2.75) is 6.92 Å². The molecular formula is C20H18N4O2. The second-order valence-corrected chi connectivity index (χ2v) is 5.40. The number of benzene rings is 1. The first-order valence-corrected chi connectivity index (χ1v) is 8.12. The normalized spacial score (nSPS) is 9.88. The topological polar surface area (TPSA) is 69.0 Å². The summed E-state index contributed by atoms with van der Waals surface area (Å²) < 4.78 is 7.15. The zero-order chi connectivity index (χ0) is 18.2. The van der Waals surface area contributed by atoms with Crippen molar-refractivity contribution in [1.82, 2.24) is 20.1 Å². The lowest BCUT2D eigenvalue weighted by Gasteiger charge is -2.05. The molecule has 0 spiro atoms. The fourth-order valence-corrected chi connectivity index (χ4v) is 2.35. The molecule has 2 aromatic heterocycles. The number of carbonyl (C=O) groups is 1. The van der Waals surface area contributed by atoms with Crippen LogP contribution < -0.4 is 10.1 Å². The summed E-state index contributed by atoms with van der Waals surface area (Å²) in [5.74, 6) is 6.17. The Kier molecular flexibility index (Phi) is 5.63. The molecule has 1 amide bonds. The van der Waals surface area contributed by atoms with Gasteiger partial charge in [0.2, 0.25) is 0 Å². The van der Waals surface area contributed by atoms with E-state index in [2.05, 4.69) is 27.2 Å². The van der Waals surface area contributed by atoms with Gasteiger partial charge < -0.3 is 10.1 Å². The molecule has 0 aliphatic rings. The molecular weight excluding hydrogens is 328 g/mol. The standard InChI is InChI=1S/C20H18N4O2/c1-16-19(15-23-24(16)17-8-3-2-4-9-17)20(25)22-12-5-6-13-26-18-10-7-11-21-14-18/h2-4,7-11,14-15H,12-13H2,1H3,(H,22,25). The van der Waals surface area contributed by atoms with E-state index < -0.39 is 0 Å². The number of rotatable bonds is 5. The highest BCUT2D eigenvalue weighted by Crippen LogP contribution is 2.13. The van der Waals surface area contributed by atoms with Crippen molar-refractivity contribution in [2.24, 2.45) is 0 Å². The van der Waals surface area contributed by atoms with E-state index in [4.69, 9.17) is 4.74 Å². The second kappa shape index (κ2) is 8.49. The number of aromatic nitrogens is 3. The van der Waals surface area contributed by atoms with E-state index in [-0.39, 0.29) is 19.1 Å². The Balaban J connectivity index is 1.52. The van der Waals surface area contributed by atoms with E-state index in [1.807, 2.05) is 43.3 Å². The number of para-hydroxylation sites is 1. The number of hydrogen-bond donors (Lipinski definition) is 1. The quantitative estimate of drug-likeness (QED) is 0.720. The highest BCUT2D eigenvalue weighted by atomic mass is 16.5. The van der Waals surface area contributed by atoms with E-state index in [9.17, 15) is 4.79 Å². The first kappa shape index (κ1) is 17.2. The Hall–Kier alpha value is -3.59. The molecule has 130 valence electrons. The van der Waals surface area contributed by atoms with Crippen molar-refractivity contribution in [3.8, 4) is 23.3 Å². The van der Waals surface area contributed by atoms with Crippen molar-refractivity contribution >= 4 is 5.91 Å². The van der Waals surface area contributed by atoms with Gasteiger partial charge in [-0.05, 0) is 31.2 Å². The van der Waals surface area contributed by atoms with Crippen LogP contribution in [-0.4, -0.2) is 33.8 Å². The molecule has 0 aliphatic heterocycles. The third-order valence-electron chi connectivity index (χ3n) is 3.66. The SMILES string of the molecule is Cc1c(C(=O)NCC#CCOc2cccnc2)cnn1-c1ccccc1. The monoisotopic (exact) mass is 346 g/mol. The summed E-state index contributed by atoms with van der Waals surface area (Å²) in [6.45, 7) is 2.35. The number of carbonyl (C=O) groups excluding carboxylic acids is 1. The van der Waals surface area contributed by atoms with Crippen LogP contribution in [0, 0.1) is 18.8 Å². The fourth-order valence-electron chi connectivity index (χ4n) is 2.35. The predicted octanol–water partition coefficient (Wildman–Crippen LogP) is 2.39. The van der Waals surface area contributed by atoms with Crippen LogP contribution in [0.2, 0.25) is 0 Å². The maximum Gasteiger partial charge on any atom is 0.255 e. The maximum absolute atomic E-state index is 12.3.